The van der Waals surface area contributed by atoms with Gasteiger partial charge in [0.2, 0.25) is 0 Å². The van der Waals surface area contributed by atoms with Gasteiger partial charge in [-0.15, -0.1) is 5.10 Å². The third kappa shape index (κ3) is 2.62. The van der Waals surface area contributed by atoms with E-state index >= 15 is 0 Å². The van der Waals surface area contributed by atoms with E-state index in [1.807, 2.05) is 32.0 Å². The zero-order chi connectivity index (χ0) is 15.7. The molecule has 0 fully saturated rings. The van der Waals surface area contributed by atoms with Gasteiger partial charge in [-0.1, -0.05) is 21.0 Å². The topological polar surface area (TPSA) is 105 Å². The number of rotatable bonds is 3. The van der Waals surface area contributed by atoms with Gasteiger partial charge < -0.3 is 0 Å². The van der Waals surface area contributed by atoms with Crippen molar-refractivity contribution in [2.24, 2.45) is 4.99 Å². The van der Waals surface area contributed by atoms with E-state index in [4.69, 9.17) is 0 Å². The molecule has 3 aromatic rings. The van der Waals surface area contributed by atoms with E-state index in [1.54, 1.807) is 0 Å². The normalized spacial score (nSPS) is 11.4. The van der Waals surface area contributed by atoms with Crippen molar-refractivity contribution < 1.29 is 0 Å². The van der Waals surface area contributed by atoms with Gasteiger partial charge in [0.15, 0.2) is 0 Å². The van der Waals surface area contributed by atoms with Crippen LogP contribution in [0.15, 0.2) is 32.5 Å². The Hall–Kier alpha value is -2.55. The summed E-state index contributed by atoms with van der Waals surface area (Å²) in [6.07, 6.45) is 1.43. The second-order valence-electron chi connectivity index (χ2n) is 4.69. The molecule has 2 N–H and O–H groups in total. The van der Waals surface area contributed by atoms with Gasteiger partial charge in [0, 0.05) is 16.4 Å². The minimum Gasteiger partial charge on any atom is -0.295 e. The standard InChI is InChI=1S/C13H12BrN7O/c1-7-5-9(14)3-4-11(7)21-12(22)10(8(2)18-21)6-15-13-16-19-20-17-13/h3-6,18H,1-2H3,(H,16,17,19,20). The Morgan fingerprint density at radius 3 is 2.86 bits per heavy atom. The van der Waals surface area contributed by atoms with Crippen LogP contribution in [0, 0.1) is 13.8 Å². The molecule has 0 aliphatic heterocycles. The summed E-state index contributed by atoms with van der Waals surface area (Å²) in [5, 5.41) is 16.2. The summed E-state index contributed by atoms with van der Waals surface area (Å²) in [7, 11) is 0. The van der Waals surface area contributed by atoms with E-state index in [1.165, 1.54) is 10.9 Å². The van der Waals surface area contributed by atoms with Crippen LogP contribution < -0.4 is 5.56 Å². The highest BCUT2D eigenvalue weighted by molar-refractivity contribution is 9.10. The smallest absolute Gasteiger partial charge is 0.288 e. The minimum atomic E-state index is -0.185. The van der Waals surface area contributed by atoms with E-state index in [0.29, 0.717) is 11.3 Å². The number of hydrogen-bond donors (Lipinski definition) is 2. The van der Waals surface area contributed by atoms with Gasteiger partial charge in [-0.3, -0.25) is 9.89 Å². The highest BCUT2D eigenvalue weighted by atomic mass is 79.9. The molecule has 3 rings (SSSR count). The molecule has 8 nitrogen and oxygen atoms in total. The molecule has 22 heavy (non-hydrogen) atoms. The van der Waals surface area contributed by atoms with Crippen LogP contribution in [0.4, 0.5) is 5.95 Å². The van der Waals surface area contributed by atoms with Crippen molar-refractivity contribution in [3.63, 3.8) is 0 Å². The zero-order valence-corrected chi connectivity index (χ0v) is 13.4. The fourth-order valence-electron chi connectivity index (χ4n) is 2.08. The van der Waals surface area contributed by atoms with Crippen LogP contribution in [0.1, 0.15) is 16.8 Å². The number of aromatic nitrogens is 6. The first-order valence-electron chi connectivity index (χ1n) is 6.42. The average Bonchev–Trinajstić information content (AvgIpc) is 3.07. The van der Waals surface area contributed by atoms with Crippen molar-refractivity contribution in [1.82, 2.24) is 30.4 Å². The third-order valence-corrected chi connectivity index (χ3v) is 3.65. The number of H-pyrrole nitrogens is 2. The van der Waals surface area contributed by atoms with Gasteiger partial charge in [0.25, 0.3) is 11.5 Å². The monoisotopic (exact) mass is 361 g/mol. The van der Waals surface area contributed by atoms with Crippen LogP contribution in [-0.4, -0.2) is 36.6 Å². The number of tetrazole rings is 1. The molecule has 0 spiro atoms. The second-order valence-corrected chi connectivity index (χ2v) is 5.61. The Morgan fingerprint density at radius 2 is 2.18 bits per heavy atom. The molecule has 0 atom stereocenters. The number of aliphatic imine (C=N–C) groups is 1. The third-order valence-electron chi connectivity index (χ3n) is 3.16. The first-order chi connectivity index (χ1) is 10.6. The number of nitrogens with zero attached hydrogens (tertiary/aromatic N) is 5. The van der Waals surface area contributed by atoms with Crippen molar-refractivity contribution in [3.05, 3.63) is 49.8 Å². The number of hydrogen-bond acceptors (Lipinski definition) is 5. The Labute approximate surface area is 133 Å². The lowest BCUT2D eigenvalue weighted by Gasteiger charge is -2.06. The number of halogens is 1. The SMILES string of the molecule is Cc1cc(Br)ccc1-n1[nH]c(C)c(C=Nc2nn[nH]n2)c1=O. The maximum atomic E-state index is 12.6. The maximum absolute atomic E-state index is 12.6. The van der Waals surface area contributed by atoms with Crippen molar-refractivity contribution in [3.8, 4) is 5.69 Å². The summed E-state index contributed by atoms with van der Waals surface area (Å²) in [6.45, 7) is 3.75. The number of aromatic amines is 2. The Kier molecular flexibility index (Phi) is 3.72. The molecule has 0 saturated heterocycles. The summed E-state index contributed by atoms with van der Waals surface area (Å²) < 4.78 is 2.46. The lowest BCUT2D eigenvalue weighted by molar-refractivity contribution is 0.828. The average molecular weight is 362 g/mol. The second kappa shape index (κ2) is 5.68. The van der Waals surface area contributed by atoms with Gasteiger partial charge in [-0.25, -0.2) is 9.67 Å². The summed E-state index contributed by atoms with van der Waals surface area (Å²) in [6, 6.07) is 5.71. The van der Waals surface area contributed by atoms with Crippen LogP contribution in [-0.2, 0) is 0 Å². The Bertz CT molecular complexity index is 892. The number of benzene rings is 1. The van der Waals surface area contributed by atoms with Gasteiger partial charge in [0.1, 0.15) is 0 Å². The fourth-order valence-corrected chi connectivity index (χ4v) is 2.56. The molecule has 0 amide bonds. The van der Waals surface area contributed by atoms with Crippen LogP contribution in [0.3, 0.4) is 0 Å². The van der Waals surface area contributed by atoms with Gasteiger partial charge in [0.05, 0.1) is 11.3 Å². The van der Waals surface area contributed by atoms with E-state index in [0.717, 1.165) is 15.7 Å². The molecule has 0 aliphatic rings. The molecule has 0 unspecified atom stereocenters. The van der Waals surface area contributed by atoms with Crippen LogP contribution in [0.2, 0.25) is 0 Å². The molecule has 0 bridgehead atoms. The first kappa shape index (κ1) is 14.4. The number of nitrogens with one attached hydrogen (secondary N) is 2. The van der Waals surface area contributed by atoms with Gasteiger partial charge >= 0.3 is 0 Å². The molecule has 2 heterocycles. The lowest BCUT2D eigenvalue weighted by Crippen LogP contribution is -2.18. The van der Waals surface area contributed by atoms with E-state index in [-0.39, 0.29) is 11.5 Å². The van der Waals surface area contributed by atoms with E-state index in [2.05, 4.69) is 46.6 Å². The molecular formula is C13H12BrN7O. The summed E-state index contributed by atoms with van der Waals surface area (Å²) in [4.78, 5) is 16.6. The fraction of sp³-hybridized carbons (Fsp3) is 0.154. The molecular weight excluding hydrogens is 350 g/mol. The van der Waals surface area contributed by atoms with Gasteiger partial charge in [-0.05, 0) is 42.8 Å². The summed E-state index contributed by atoms with van der Waals surface area (Å²) in [5.41, 5.74) is 2.73. The molecule has 1 aromatic carbocycles. The molecule has 0 saturated carbocycles. The number of aryl methyl sites for hydroxylation is 2. The molecule has 2 aromatic heterocycles. The van der Waals surface area contributed by atoms with Crippen molar-refractivity contribution in [2.45, 2.75) is 13.8 Å². The summed E-state index contributed by atoms with van der Waals surface area (Å²) >= 11 is 3.41. The maximum Gasteiger partial charge on any atom is 0.288 e. The van der Waals surface area contributed by atoms with Crippen molar-refractivity contribution >= 4 is 28.1 Å². The van der Waals surface area contributed by atoms with E-state index < -0.39 is 0 Å². The Balaban J connectivity index is 2.05. The quantitative estimate of drug-likeness (QED) is 0.694. The predicted molar refractivity (Wildman–Crippen MR) is 85.0 cm³/mol. The zero-order valence-electron chi connectivity index (χ0n) is 11.8. The molecule has 0 radical (unpaired) electrons. The van der Waals surface area contributed by atoms with Crippen molar-refractivity contribution in [1.29, 1.82) is 0 Å². The highest BCUT2D eigenvalue weighted by Gasteiger charge is 2.12. The highest BCUT2D eigenvalue weighted by Crippen LogP contribution is 2.18. The van der Waals surface area contributed by atoms with Crippen molar-refractivity contribution in [2.75, 3.05) is 0 Å². The predicted octanol–water partition coefficient (Wildman–Crippen LogP) is 1.81. The molecule has 0 aliphatic carbocycles. The lowest BCUT2D eigenvalue weighted by atomic mass is 10.2. The molecule has 9 heteroatoms. The van der Waals surface area contributed by atoms with E-state index in [9.17, 15) is 4.79 Å². The van der Waals surface area contributed by atoms with Crippen LogP contribution >= 0.6 is 15.9 Å². The van der Waals surface area contributed by atoms with Crippen LogP contribution in [0.5, 0.6) is 0 Å². The van der Waals surface area contributed by atoms with Crippen LogP contribution in [0.25, 0.3) is 5.69 Å². The summed E-state index contributed by atoms with van der Waals surface area (Å²) in [5.74, 6) is 0.173. The minimum absolute atomic E-state index is 0.173. The first-order valence-corrected chi connectivity index (χ1v) is 7.21. The van der Waals surface area contributed by atoms with Gasteiger partial charge in [-0.2, -0.15) is 5.21 Å². The Morgan fingerprint density at radius 1 is 1.36 bits per heavy atom. The largest absolute Gasteiger partial charge is 0.295 e. The molecule has 112 valence electrons.